The highest BCUT2D eigenvalue weighted by atomic mass is 19.3. The number of benzene rings is 1. The number of nitrogens with zero attached hydrogens (tertiary/aromatic N) is 3. The van der Waals surface area contributed by atoms with Crippen LogP contribution >= 0.6 is 0 Å². The lowest BCUT2D eigenvalue weighted by Gasteiger charge is -2.20. The number of carbonyl (C=O) groups excluding carboxylic acids is 1. The molecule has 3 aromatic rings. The Kier molecular flexibility index (Phi) is 5.65. The predicted molar refractivity (Wildman–Crippen MR) is 119 cm³/mol. The van der Waals surface area contributed by atoms with Crippen LogP contribution in [0.5, 0.6) is 5.75 Å². The molecule has 1 aliphatic rings. The highest BCUT2D eigenvalue weighted by molar-refractivity contribution is 5.93. The van der Waals surface area contributed by atoms with Crippen LogP contribution in [0, 0.1) is 0 Å². The van der Waals surface area contributed by atoms with Gasteiger partial charge in [-0.15, -0.1) is 0 Å². The maximum atomic E-state index is 13.8. The Hall–Kier alpha value is -3.43. The number of ether oxygens (including phenoxy) is 1. The number of carbonyl (C=O) groups is 1. The molecule has 182 valence electrons. The first-order chi connectivity index (χ1) is 15.8. The SMILES string of the molecule is COc1cc(C2(NC(=O)c3cc(C(C)(F)F)nn3C)CC2)cnc1-c1cccc(C(C)(F)F)c1.[HH]. The van der Waals surface area contributed by atoms with E-state index in [9.17, 15) is 22.4 Å². The smallest absolute Gasteiger partial charge is 0.288 e. The van der Waals surface area contributed by atoms with Gasteiger partial charge in [-0.25, -0.2) is 8.78 Å². The molecule has 0 unspecified atom stereocenters. The van der Waals surface area contributed by atoms with Crippen molar-refractivity contribution in [2.75, 3.05) is 7.11 Å². The number of aryl methyl sites for hydroxylation is 1. The van der Waals surface area contributed by atoms with E-state index in [1.807, 2.05) is 0 Å². The molecule has 4 rings (SSSR count). The minimum absolute atomic E-state index is 0. The number of amides is 1. The van der Waals surface area contributed by atoms with Crippen LogP contribution in [0.15, 0.2) is 42.6 Å². The third kappa shape index (κ3) is 4.49. The van der Waals surface area contributed by atoms with Crippen LogP contribution in [0.2, 0.25) is 0 Å². The van der Waals surface area contributed by atoms with Crippen LogP contribution in [0.4, 0.5) is 17.6 Å². The first-order valence-corrected chi connectivity index (χ1v) is 10.6. The number of alkyl halides is 4. The third-order valence-corrected chi connectivity index (χ3v) is 5.93. The fourth-order valence-corrected chi connectivity index (χ4v) is 3.80. The molecule has 6 nitrogen and oxygen atoms in total. The lowest BCUT2D eigenvalue weighted by Crippen LogP contribution is -2.36. The molecule has 1 amide bonds. The molecule has 10 heteroatoms. The van der Waals surface area contributed by atoms with Gasteiger partial charge in [0.2, 0.25) is 0 Å². The van der Waals surface area contributed by atoms with Gasteiger partial charge in [0.05, 0.1) is 12.6 Å². The van der Waals surface area contributed by atoms with Gasteiger partial charge in [-0.1, -0.05) is 18.2 Å². The first kappa shape index (κ1) is 23.7. The maximum absolute atomic E-state index is 13.8. The van der Waals surface area contributed by atoms with E-state index in [4.69, 9.17) is 4.74 Å². The van der Waals surface area contributed by atoms with E-state index in [2.05, 4.69) is 15.4 Å². The Morgan fingerprint density at radius 1 is 1.15 bits per heavy atom. The predicted octanol–water partition coefficient (Wildman–Crippen LogP) is 5.38. The third-order valence-electron chi connectivity index (χ3n) is 5.93. The average molecular weight is 478 g/mol. The van der Waals surface area contributed by atoms with Crippen molar-refractivity contribution in [1.82, 2.24) is 20.1 Å². The second-order valence-corrected chi connectivity index (χ2v) is 8.71. The van der Waals surface area contributed by atoms with Crippen molar-refractivity contribution < 1.29 is 28.5 Å². The lowest BCUT2D eigenvalue weighted by molar-refractivity contribution is 0.0121. The summed E-state index contributed by atoms with van der Waals surface area (Å²) in [6, 6.07) is 8.69. The van der Waals surface area contributed by atoms with Gasteiger partial charge in [0.1, 0.15) is 22.8 Å². The molecule has 1 N–H and O–H groups in total. The molecule has 0 aliphatic heterocycles. The summed E-state index contributed by atoms with van der Waals surface area (Å²) in [7, 11) is 2.87. The van der Waals surface area contributed by atoms with Crippen molar-refractivity contribution in [2.45, 2.75) is 44.1 Å². The van der Waals surface area contributed by atoms with Crippen molar-refractivity contribution in [3.8, 4) is 17.0 Å². The van der Waals surface area contributed by atoms with E-state index in [0.29, 0.717) is 35.4 Å². The van der Waals surface area contributed by atoms with Gasteiger partial charge in [0, 0.05) is 39.6 Å². The minimum atomic E-state index is -3.17. The Balaban J connectivity index is 0.00000342. The van der Waals surface area contributed by atoms with Gasteiger partial charge in [-0.3, -0.25) is 14.5 Å². The summed E-state index contributed by atoms with van der Waals surface area (Å²) in [6.45, 7) is 1.54. The molecule has 1 saturated carbocycles. The molecule has 1 aromatic carbocycles. The number of aromatic nitrogens is 3. The number of rotatable bonds is 7. The minimum Gasteiger partial charge on any atom is -0.494 e. The van der Waals surface area contributed by atoms with Gasteiger partial charge < -0.3 is 10.1 Å². The quantitative estimate of drug-likeness (QED) is 0.463. The van der Waals surface area contributed by atoms with Crippen LogP contribution in [-0.2, 0) is 24.4 Å². The normalized spacial score (nSPS) is 15.2. The molecule has 2 aromatic heterocycles. The highest BCUT2D eigenvalue weighted by Gasteiger charge is 2.47. The van der Waals surface area contributed by atoms with Gasteiger partial charge in [0.25, 0.3) is 17.8 Å². The number of halogens is 4. The molecule has 0 atom stereocenters. The summed E-state index contributed by atoms with van der Waals surface area (Å²) < 4.78 is 61.4. The number of hydrogen-bond acceptors (Lipinski definition) is 4. The lowest BCUT2D eigenvalue weighted by atomic mass is 10.0. The van der Waals surface area contributed by atoms with Crippen molar-refractivity contribution in [3.05, 3.63) is 65.1 Å². The fraction of sp³-hybridized carbons (Fsp3) is 0.375. The fourth-order valence-electron chi connectivity index (χ4n) is 3.80. The summed E-state index contributed by atoms with van der Waals surface area (Å²) in [5.74, 6) is -6.34. The molecule has 0 saturated heterocycles. The molecule has 0 spiro atoms. The van der Waals surface area contributed by atoms with Gasteiger partial charge >= 0.3 is 0 Å². The van der Waals surface area contributed by atoms with Crippen LogP contribution < -0.4 is 10.1 Å². The molecular weight excluding hydrogens is 452 g/mol. The first-order valence-electron chi connectivity index (χ1n) is 10.6. The standard InChI is InChI=1S/C24H24F4N4O2.H2/c1-22(25,26)15-7-5-6-14(10-15)20-18(34-4)11-16(13-29-20)24(8-9-24)30-21(33)17-12-19(23(2,27)28)31-32(17)3;/h5-7,10-13H,8-9H2,1-4H3,(H,30,33);1H. The molecular formula is C24H26F4N4O2. The van der Waals surface area contributed by atoms with Crippen molar-refractivity contribution in [3.63, 3.8) is 0 Å². The van der Waals surface area contributed by atoms with Crippen molar-refractivity contribution in [2.24, 2.45) is 7.05 Å². The van der Waals surface area contributed by atoms with E-state index in [-0.39, 0.29) is 12.7 Å². The second-order valence-electron chi connectivity index (χ2n) is 8.71. The Labute approximate surface area is 195 Å². The summed E-state index contributed by atoms with van der Waals surface area (Å²) >= 11 is 0. The Morgan fingerprint density at radius 2 is 1.85 bits per heavy atom. The van der Waals surface area contributed by atoms with Crippen LogP contribution in [-0.4, -0.2) is 27.8 Å². The Morgan fingerprint density at radius 3 is 2.41 bits per heavy atom. The number of nitrogens with one attached hydrogen (secondary N) is 1. The average Bonchev–Trinajstić information content (AvgIpc) is 3.43. The number of methoxy groups -OCH3 is 1. The largest absolute Gasteiger partial charge is 0.494 e. The van der Waals surface area contributed by atoms with E-state index in [1.165, 1.54) is 32.4 Å². The van der Waals surface area contributed by atoms with E-state index >= 15 is 0 Å². The van der Waals surface area contributed by atoms with E-state index < -0.39 is 29.0 Å². The number of pyridine rings is 1. The summed E-state index contributed by atoms with van der Waals surface area (Å²) in [4.78, 5) is 17.3. The Bertz CT molecular complexity index is 1250. The van der Waals surface area contributed by atoms with E-state index in [0.717, 1.165) is 24.6 Å². The summed E-state index contributed by atoms with van der Waals surface area (Å²) in [5, 5.41) is 6.65. The summed E-state index contributed by atoms with van der Waals surface area (Å²) in [5.41, 5.74) is 0.181. The van der Waals surface area contributed by atoms with Crippen LogP contribution in [0.25, 0.3) is 11.3 Å². The van der Waals surface area contributed by atoms with Gasteiger partial charge in [-0.05, 0) is 36.6 Å². The van der Waals surface area contributed by atoms with Crippen LogP contribution in [0.1, 0.15) is 55.4 Å². The van der Waals surface area contributed by atoms with E-state index in [1.54, 1.807) is 18.3 Å². The zero-order valence-electron chi connectivity index (χ0n) is 19.1. The highest BCUT2D eigenvalue weighted by Crippen LogP contribution is 2.47. The van der Waals surface area contributed by atoms with Crippen LogP contribution in [0.3, 0.4) is 0 Å². The zero-order valence-corrected chi connectivity index (χ0v) is 19.1. The molecule has 0 bridgehead atoms. The zero-order chi connectivity index (χ0) is 24.9. The summed E-state index contributed by atoms with van der Waals surface area (Å²) in [6.07, 6.45) is 2.81. The van der Waals surface area contributed by atoms with Crippen molar-refractivity contribution in [1.29, 1.82) is 0 Å². The topological polar surface area (TPSA) is 69.0 Å². The number of hydrogen-bond donors (Lipinski definition) is 1. The molecule has 34 heavy (non-hydrogen) atoms. The molecule has 1 fully saturated rings. The second kappa shape index (κ2) is 8.11. The monoisotopic (exact) mass is 478 g/mol. The van der Waals surface area contributed by atoms with Gasteiger partial charge in [-0.2, -0.15) is 13.9 Å². The van der Waals surface area contributed by atoms with Gasteiger partial charge in [0.15, 0.2) is 0 Å². The molecule has 0 radical (unpaired) electrons. The maximum Gasteiger partial charge on any atom is 0.288 e. The van der Waals surface area contributed by atoms with Crippen molar-refractivity contribution >= 4 is 5.91 Å². The molecule has 1 aliphatic carbocycles. The molecule has 2 heterocycles.